The predicted molar refractivity (Wildman–Crippen MR) is 99.7 cm³/mol. The van der Waals surface area contributed by atoms with Crippen LogP contribution in [0, 0.1) is 5.92 Å². The topological polar surface area (TPSA) is 32.8 Å². The number of rotatable bonds is 4. The normalized spacial score (nSPS) is 20.6. The van der Waals surface area contributed by atoms with Gasteiger partial charge in [0.2, 0.25) is 5.91 Å². The van der Waals surface area contributed by atoms with Crippen LogP contribution >= 0.6 is 15.9 Å². The predicted octanol–water partition coefficient (Wildman–Crippen LogP) is 3.03. The van der Waals surface area contributed by atoms with E-state index in [1.807, 2.05) is 11.0 Å². The van der Waals surface area contributed by atoms with Crippen molar-refractivity contribution in [3.63, 3.8) is 0 Å². The number of allylic oxidation sites excluding steroid dienone is 1. The summed E-state index contributed by atoms with van der Waals surface area (Å²) < 4.78 is 6.46. The summed E-state index contributed by atoms with van der Waals surface area (Å²) in [6.07, 6.45) is 6.59. The first-order valence-electron chi connectivity index (χ1n) is 8.73. The van der Waals surface area contributed by atoms with Crippen molar-refractivity contribution in [2.24, 2.45) is 5.92 Å². The van der Waals surface area contributed by atoms with Crippen molar-refractivity contribution in [2.45, 2.75) is 12.8 Å². The molecule has 2 fully saturated rings. The molecule has 130 valence electrons. The van der Waals surface area contributed by atoms with Gasteiger partial charge in [0.15, 0.2) is 0 Å². The number of hydrogen-bond acceptors (Lipinski definition) is 3. The summed E-state index contributed by atoms with van der Waals surface area (Å²) in [6.45, 7) is 5.52. The molecule has 0 radical (unpaired) electrons. The fourth-order valence-corrected chi connectivity index (χ4v) is 3.66. The molecule has 5 heteroatoms. The van der Waals surface area contributed by atoms with Gasteiger partial charge in [0, 0.05) is 30.7 Å². The molecule has 24 heavy (non-hydrogen) atoms. The van der Waals surface area contributed by atoms with Gasteiger partial charge in [-0.2, -0.15) is 0 Å². The van der Waals surface area contributed by atoms with Crippen LogP contribution in [0.5, 0.6) is 0 Å². The van der Waals surface area contributed by atoms with E-state index < -0.39 is 0 Å². The number of hydrogen-bond donors (Lipinski definition) is 0. The van der Waals surface area contributed by atoms with E-state index >= 15 is 0 Å². The molecule has 1 amide bonds. The van der Waals surface area contributed by atoms with Crippen LogP contribution in [0.3, 0.4) is 0 Å². The van der Waals surface area contributed by atoms with E-state index in [4.69, 9.17) is 4.74 Å². The van der Waals surface area contributed by atoms with Crippen LogP contribution in [0.1, 0.15) is 18.4 Å². The fourth-order valence-electron chi connectivity index (χ4n) is 3.24. The van der Waals surface area contributed by atoms with Gasteiger partial charge in [-0.3, -0.25) is 9.69 Å². The van der Waals surface area contributed by atoms with Crippen LogP contribution in [-0.2, 0) is 9.53 Å². The summed E-state index contributed by atoms with van der Waals surface area (Å²) in [5.74, 6) is 0.828. The average Bonchev–Trinajstić information content (AvgIpc) is 2.62. The number of benzene rings is 1. The number of likely N-dealkylation sites (tertiary alicyclic amines) is 1. The van der Waals surface area contributed by atoms with Crippen molar-refractivity contribution >= 4 is 27.9 Å². The number of piperidine rings is 1. The molecule has 0 aromatic heterocycles. The second kappa shape index (κ2) is 8.79. The Morgan fingerprint density at radius 1 is 1.17 bits per heavy atom. The third kappa shape index (κ3) is 4.91. The molecule has 0 saturated carbocycles. The van der Waals surface area contributed by atoms with Gasteiger partial charge in [0.25, 0.3) is 0 Å². The Bertz CT molecular complexity index is 576. The van der Waals surface area contributed by atoms with Crippen molar-refractivity contribution in [2.75, 3.05) is 45.9 Å². The molecular formula is C19H25BrN2O2. The van der Waals surface area contributed by atoms with Gasteiger partial charge in [-0.25, -0.2) is 0 Å². The van der Waals surface area contributed by atoms with Crippen molar-refractivity contribution in [1.82, 2.24) is 9.80 Å². The highest BCUT2D eigenvalue weighted by molar-refractivity contribution is 9.10. The summed E-state index contributed by atoms with van der Waals surface area (Å²) in [6, 6.07) is 8.26. The van der Waals surface area contributed by atoms with Crippen LogP contribution < -0.4 is 0 Å². The van der Waals surface area contributed by atoms with Crippen molar-refractivity contribution in [1.29, 1.82) is 0 Å². The second-order valence-corrected chi connectivity index (χ2v) is 7.34. The van der Waals surface area contributed by atoms with Crippen molar-refractivity contribution < 1.29 is 9.53 Å². The highest BCUT2D eigenvalue weighted by Gasteiger charge is 2.23. The smallest absolute Gasteiger partial charge is 0.236 e. The number of carbonyl (C=O) groups is 1. The number of halogens is 1. The van der Waals surface area contributed by atoms with E-state index in [1.165, 1.54) is 5.56 Å². The van der Waals surface area contributed by atoms with Gasteiger partial charge in [0.1, 0.15) is 0 Å². The van der Waals surface area contributed by atoms with E-state index in [9.17, 15) is 4.79 Å². The lowest BCUT2D eigenvalue weighted by molar-refractivity contribution is -0.134. The zero-order valence-corrected chi connectivity index (χ0v) is 15.6. The first-order chi connectivity index (χ1) is 11.7. The van der Waals surface area contributed by atoms with Gasteiger partial charge >= 0.3 is 0 Å². The number of ether oxygens (including phenoxy) is 1. The number of morpholine rings is 1. The average molecular weight is 393 g/mol. The number of carbonyl (C=O) groups excluding carboxylic acids is 1. The summed E-state index contributed by atoms with van der Waals surface area (Å²) in [5, 5.41) is 0. The molecule has 2 aliphatic heterocycles. The lowest BCUT2D eigenvalue weighted by Crippen LogP contribution is -2.46. The molecule has 0 bridgehead atoms. The van der Waals surface area contributed by atoms with Gasteiger partial charge < -0.3 is 9.64 Å². The lowest BCUT2D eigenvalue weighted by Gasteiger charge is -2.33. The van der Waals surface area contributed by atoms with E-state index in [0.29, 0.717) is 12.5 Å². The van der Waals surface area contributed by atoms with Crippen LogP contribution in [-0.4, -0.2) is 61.6 Å². The number of amides is 1. The minimum atomic E-state index is 0.269. The molecule has 0 unspecified atom stereocenters. The van der Waals surface area contributed by atoms with E-state index in [2.05, 4.69) is 51.2 Å². The monoisotopic (exact) mass is 392 g/mol. The summed E-state index contributed by atoms with van der Waals surface area (Å²) in [4.78, 5) is 16.6. The van der Waals surface area contributed by atoms with Crippen LogP contribution in [0.2, 0.25) is 0 Å². The maximum absolute atomic E-state index is 12.4. The zero-order chi connectivity index (χ0) is 16.8. The standard InChI is InChI=1S/C19H25BrN2O2/c20-18-4-2-1-3-17(18)6-5-16-7-9-22(10-8-16)19(23)15-21-11-13-24-14-12-21/h1-6,16H,7-15H2/b6-5+. The molecule has 1 aromatic rings. The minimum absolute atomic E-state index is 0.269. The first kappa shape index (κ1) is 17.6. The van der Waals surface area contributed by atoms with E-state index in [1.54, 1.807) is 0 Å². The summed E-state index contributed by atoms with van der Waals surface area (Å²) >= 11 is 3.58. The lowest BCUT2D eigenvalue weighted by atomic mass is 9.95. The molecule has 3 rings (SSSR count). The van der Waals surface area contributed by atoms with E-state index in [0.717, 1.165) is 56.7 Å². The summed E-state index contributed by atoms with van der Waals surface area (Å²) in [5.41, 5.74) is 1.21. The van der Waals surface area contributed by atoms with Gasteiger partial charge in [-0.1, -0.05) is 46.3 Å². The first-order valence-corrected chi connectivity index (χ1v) is 9.52. The Morgan fingerprint density at radius 3 is 2.58 bits per heavy atom. The van der Waals surface area contributed by atoms with Crippen LogP contribution in [0.25, 0.3) is 6.08 Å². The molecule has 0 N–H and O–H groups in total. The Hall–Kier alpha value is -1.17. The molecule has 2 aliphatic rings. The third-order valence-electron chi connectivity index (χ3n) is 4.81. The highest BCUT2D eigenvalue weighted by atomic mass is 79.9. The largest absolute Gasteiger partial charge is 0.379 e. The van der Waals surface area contributed by atoms with Gasteiger partial charge in [-0.15, -0.1) is 0 Å². The fraction of sp³-hybridized carbons (Fsp3) is 0.526. The molecule has 0 atom stereocenters. The van der Waals surface area contributed by atoms with Crippen molar-refractivity contribution in [3.8, 4) is 0 Å². The summed E-state index contributed by atoms with van der Waals surface area (Å²) in [7, 11) is 0. The Kier molecular flexibility index (Phi) is 6.46. The molecule has 0 spiro atoms. The minimum Gasteiger partial charge on any atom is -0.379 e. The quantitative estimate of drug-likeness (QED) is 0.789. The molecular weight excluding hydrogens is 368 g/mol. The van der Waals surface area contributed by atoms with E-state index in [-0.39, 0.29) is 5.91 Å². The van der Waals surface area contributed by atoms with Crippen molar-refractivity contribution in [3.05, 3.63) is 40.4 Å². The SMILES string of the molecule is O=C(CN1CCOCC1)N1CCC(/C=C/c2ccccc2Br)CC1. The highest BCUT2D eigenvalue weighted by Crippen LogP contribution is 2.22. The Morgan fingerprint density at radius 2 is 1.88 bits per heavy atom. The number of nitrogens with zero attached hydrogens (tertiary/aromatic N) is 2. The maximum atomic E-state index is 12.4. The third-order valence-corrected chi connectivity index (χ3v) is 5.53. The molecule has 1 aromatic carbocycles. The Balaban J connectivity index is 1.45. The maximum Gasteiger partial charge on any atom is 0.236 e. The van der Waals surface area contributed by atoms with Crippen LogP contribution in [0.15, 0.2) is 34.8 Å². The molecule has 0 aliphatic carbocycles. The second-order valence-electron chi connectivity index (χ2n) is 6.49. The molecule has 4 nitrogen and oxygen atoms in total. The zero-order valence-electron chi connectivity index (χ0n) is 14.0. The van der Waals surface area contributed by atoms with Crippen LogP contribution in [0.4, 0.5) is 0 Å². The Labute approximate surface area is 152 Å². The van der Waals surface area contributed by atoms with Gasteiger partial charge in [0.05, 0.1) is 19.8 Å². The molecule has 2 heterocycles. The van der Waals surface area contributed by atoms with Gasteiger partial charge in [-0.05, 0) is 30.4 Å². The molecule has 2 saturated heterocycles.